The quantitative estimate of drug-likeness (QED) is 0.873. The number of para-hydroxylation sites is 1. The number of hydrogen-bond donors (Lipinski definition) is 1. The molecule has 1 aliphatic rings. The van der Waals surface area contributed by atoms with Crippen molar-refractivity contribution in [3.05, 3.63) is 54.5 Å². The summed E-state index contributed by atoms with van der Waals surface area (Å²) in [5, 5.41) is 2.97. The fourth-order valence-electron chi connectivity index (χ4n) is 3.10. The van der Waals surface area contributed by atoms with E-state index in [9.17, 15) is 9.59 Å². The normalized spacial score (nSPS) is 18.6. The molecule has 0 spiro atoms. The van der Waals surface area contributed by atoms with Crippen LogP contribution in [0.4, 0.5) is 5.69 Å². The average Bonchev–Trinajstić information content (AvgIpc) is 3.25. The Labute approximate surface area is 147 Å². The zero-order chi connectivity index (χ0) is 17.8. The Morgan fingerprint density at radius 1 is 1.28 bits per heavy atom. The third-order valence-corrected chi connectivity index (χ3v) is 4.53. The summed E-state index contributed by atoms with van der Waals surface area (Å²) in [6.07, 6.45) is 1.87. The van der Waals surface area contributed by atoms with Crippen LogP contribution in [0.25, 0.3) is 0 Å². The lowest BCUT2D eigenvalue weighted by atomic mass is 10.1. The average molecular weight is 341 g/mol. The molecule has 1 aliphatic heterocycles. The number of amides is 2. The lowest BCUT2D eigenvalue weighted by Gasteiger charge is -2.23. The number of hydrogen-bond acceptors (Lipinski definition) is 4. The standard InChI is InChI=1S/C19H23N3O3/c1-21(2)16(17-9-6-10-25-17)12-20-19(24)14-11-18(23)22(13-14)15-7-4-3-5-8-15/h3-10,14,16H,11-13H2,1-2H3,(H,20,24)/t14-,16-/m0/s1. The molecule has 6 nitrogen and oxygen atoms in total. The largest absolute Gasteiger partial charge is 0.468 e. The number of anilines is 1. The van der Waals surface area contributed by atoms with Crippen LogP contribution in [0.2, 0.25) is 0 Å². The number of rotatable bonds is 6. The van der Waals surface area contributed by atoms with Crippen molar-refractivity contribution in [2.24, 2.45) is 5.92 Å². The van der Waals surface area contributed by atoms with E-state index in [4.69, 9.17) is 4.42 Å². The third-order valence-electron chi connectivity index (χ3n) is 4.53. The van der Waals surface area contributed by atoms with Crippen LogP contribution in [-0.4, -0.2) is 43.9 Å². The molecular formula is C19H23N3O3. The van der Waals surface area contributed by atoms with Gasteiger partial charge in [-0.25, -0.2) is 0 Å². The van der Waals surface area contributed by atoms with Crippen LogP contribution in [0.1, 0.15) is 18.2 Å². The molecule has 0 unspecified atom stereocenters. The molecule has 1 saturated heterocycles. The maximum atomic E-state index is 12.5. The number of furan rings is 1. The van der Waals surface area contributed by atoms with E-state index in [1.54, 1.807) is 11.2 Å². The van der Waals surface area contributed by atoms with Gasteiger partial charge in [-0.1, -0.05) is 18.2 Å². The minimum absolute atomic E-state index is 0.0125. The Bertz CT molecular complexity index is 713. The highest BCUT2D eigenvalue weighted by Crippen LogP contribution is 2.25. The SMILES string of the molecule is CN(C)[C@@H](CNC(=O)[C@H]1CC(=O)N(c2ccccc2)C1)c1ccco1. The van der Waals surface area contributed by atoms with Gasteiger partial charge >= 0.3 is 0 Å². The number of carbonyl (C=O) groups is 2. The molecule has 1 aromatic heterocycles. The molecule has 1 N–H and O–H groups in total. The second-order valence-electron chi connectivity index (χ2n) is 6.48. The van der Waals surface area contributed by atoms with E-state index in [2.05, 4.69) is 5.32 Å². The first-order valence-corrected chi connectivity index (χ1v) is 8.39. The molecule has 132 valence electrons. The first kappa shape index (κ1) is 17.2. The van der Waals surface area contributed by atoms with E-state index in [-0.39, 0.29) is 30.2 Å². The summed E-state index contributed by atoms with van der Waals surface area (Å²) in [6.45, 7) is 0.859. The van der Waals surface area contributed by atoms with E-state index >= 15 is 0 Å². The highest BCUT2D eigenvalue weighted by Gasteiger charge is 2.35. The van der Waals surface area contributed by atoms with Crippen molar-refractivity contribution in [3.8, 4) is 0 Å². The Morgan fingerprint density at radius 2 is 2.04 bits per heavy atom. The minimum Gasteiger partial charge on any atom is -0.468 e. The summed E-state index contributed by atoms with van der Waals surface area (Å²) in [5.74, 6) is 0.373. The Morgan fingerprint density at radius 3 is 2.68 bits per heavy atom. The van der Waals surface area contributed by atoms with Crippen molar-refractivity contribution in [3.63, 3.8) is 0 Å². The highest BCUT2D eigenvalue weighted by atomic mass is 16.3. The first-order valence-electron chi connectivity index (χ1n) is 8.39. The van der Waals surface area contributed by atoms with Crippen LogP contribution < -0.4 is 10.2 Å². The molecule has 3 rings (SSSR count). The molecule has 0 radical (unpaired) electrons. The van der Waals surface area contributed by atoms with Gasteiger partial charge in [0.1, 0.15) is 5.76 Å². The predicted molar refractivity (Wildman–Crippen MR) is 95.0 cm³/mol. The highest BCUT2D eigenvalue weighted by molar-refractivity contribution is 6.00. The molecule has 2 amide bonds. The fraction of sp³-hybridized carbons (Fsp3) is 0.368. The van der Waals surface area contributed by atoms with Crippen LogP contribution >= 0.6 is 0 Å². The lowest BCUT2D eigenvalue weighted by Crippen LogP contribution is -2.38. The van der Waals surface area contributed by atoms with E-state index in [0.29, 0.717) is 13.1 Å². The maximum Gasteiger partial charge on any atom is 0.227 e. The van der Waals surface area contributed by atoms with Crippen LogP contribution in [0.15, 0.2) is 53.1 Å². The van der Waals surface area contributed by atoms with Crippen molar-refractivity contribution in [2.45, 2.75) is 12.5 Å². The van der Waals surface area contributed by atoms with Crippen molar-refractivity contribution >= 4 is 17.5 Å². The van der Waals surface area contributed by atoms with Crippen LogP contribution in [0.3, 0.4) is 0 Å². The Hall–Kier alpha value is -2.60. The zero-order valence-electron chi connectivity index (χ0n) is 14.5. The lowest BCUT2D eigenvalue weighted by molar-refractivity contribution is -0.126. The second-order valence-corrected chi connectivity index (χ2v) is 6.48. The monoisotopic (exact) mass is 341 g/mol. The Kier molecular flexibility index (Phi) is 5.19. The van der Waals surface area contributed by atoms with Gasteiger partial charge in [0.15, 0.2) is 0 Å². The first-order chi connectivity index (χ1) is 12.1. The summed E-state index contributed by atoms with van der Waals surface area (Å²) in [7, 11) is 3.88. The van der Waals surface area contributed by atoms with Crippen molar-refractivity contribution in [1.29, 1.82) is 0 Å². The summed E-state index contributed by atoms with van der Waals surface area (Å²) in [4.78, 5) is 28.4. The van der Waals surface area contributed by atoms with E-state index in [0.717, 1.165) is 11.4 Å². The topological polar surface area (TPSA) is 65.8 Å². The second kappa shape index (κ2) is 7.53. The summed E-state index contributed by atoms with van der Waals surface area (Å²) in [6, 6.07) is 13.1. The summed E-state index contributed by atoms with van der Waals surface area (Å²) >= 11 is 0. The number of benzene rings is 1. The predicted octanol–water partition coefficient (Wildman–Crippen LogP) is 2.05. The summed E-state index contributed by atoms with van der Waals surface area (Å²) < 4.78 is 5.45. The molecule has 1 fully saturated rings. The molecule has 25 heavy (non-hydrogen) atoms. The minimum atomic E-state index is -0.327. The van der Waals surface area contributed by atoms with Gasteiger partial charge in [0.05, 0.1) is 18.2 Å². The van der Waals surface area contributed by atoms with Crippen LogP contribution in [0, 0.1) is 5.92 Å². The van der Waals surface area contributed by atoms with Gasteiger partial charge < -0.3 is 14.6 Å². The van der Waals surface area contributed by atoms with E-state index in [1.165, 1.54) is 0 Å². The van der Waals surface area contributed by atoms with Crippen LogP contribution in [0.5, 0.6) is 0 Å². The Balaban J connectivity index is 1.59. The molecular weight excluding hydrogens is 318 g/mol. The van der Waals surface area contributed by atoms with E-state index in [1.807, 2.05) is 61.5 Å². The molecule has 2 heterocycles. The molecule has 6 heteroatoms. The molecule has 0 aliphatic carbocycles. The van der Waals surface area contributed by atoms with Crippen molar-refractivity contribution < 1.29 is 14.0 Å². The summed E-state index contributed by atoms with van der Waals surface area (Å²) in [5.41, 5.74) is 0.838. The van der Waals surface area contributed by atoms with Gasteiger partial charge in [-0.05, 0) is 38.4 Å². The van der Waals surface area contributed by atoms with E-state index < -0.39 is 0 Å². The number of nitrogens with one attached hydrogen (secondary N) is 1. The van der Waals surface area contributed by atoms with Gasteiger partial charge in [-0.15, -0.1) is 0 Å². The van der Waals surface area contributed by atoms with Gasteiger partial charge in [-0.3, -0.25) is 14.5 Å². The van der Waals surface area contributed by atoms with Gasteiger partial charge in [0, 0.05) is 25.2 Å². The smallest absolute Gasteiger partial charge is 0.227 e. The number of likely N-dealkylation sites (N-methyl/N-ethyl adjacent to an activating group) is 1. The van der Waals surface area contributed by atoms with Gasteiger partial charge in [0.2, 0.25) is 11.8 Å². The third kappa shape index (κ3) is 3.91. The van der Waals surface area contributed by atoms with Gasteiger partial charge in [0.25, 0.3) is 0 Å². The molecule has 2 aromatic rings. The molecule has 0 bridgehead atoms. The molecule has 2 atom stereocenters. The van der Waals surface area contributed by atoms with Gasteiger partial charge in [-0.2, -0.15) is 0 Å². The molecule has 0 saturated carbocycles. The van der Waals surface area contributed by atoms with Crippen molar-refractivity contribution in [1.82, 2.24) is 10.2 Å². The zero-order valence-corrected chi connectivity index (χ0v) is 14.5. The molecule has 1 aromatic carbocycles. The fourth-order valence-corrected chi connectivity index (χ4v) is 3.10. The number of carbonyl (C=O) groups excluding carboxylic acids is 2. The van der Waals surface area contributed by atoms with Crippen LogP contribution in [-0.2, 0) is 9.59 Å². The number of nitrogens with zero attached hydrogens (tertiary/aromatic N) is 2. The van der Waals surface area contributed by atoms with Crippen molar-refractivity contribution in [2.75, 3.05) is 32.1 Å². The maximum absolute atomic E-state index is 12.5.